The van der Waals surface area contributed by atoms with Gasteiger partial charge in [-0.15, -0.1) is 0 Å². The van der Waals surface area contributed by atoms with Crippen molar-refractivity contribution in [3.8, 4) is 5.75 Å². The molecule has 0 unspecified atom stereocenters. The van der Waals surface area contributed by atoms with Gasteiger partial charge in [0.25, 0.3) is 5.91 Å². The van der Waals surface area contributed by atoms with Crippen molar-refractivity contribution in [1.82, 2.24) is 10.3 Å². The lowest BCUT2D eigenvalue weighted by atomic mass is 10.1. The van der Waals surface area contributed by atoms with E-state index in [0.717, 1.165) is 6.07 Å². The highest BCUT2D eigenvalue weighted by Gasteiger charge is 2.21. The smallest absolute Gasteiger partial charge is 0.257 e. The zero-order valence-electron chi connectivity index (χ0n) is 13.4. The van der Waals surface area contributed by atoms with Crippen molar-refractivity contribution in [3.05, 3.63) is 62.6 Å². The molecular weight excluding hydrogens is 334 g/mol. The van der Waals surface area contributed by atoms with E-state index in [-0.39, 0.29) is 35.3 Å². The number of rotatable bonds is 6. The van der Waals surface area contributed by atoms with Crippen molar-refractivity contribution in [1.29, 1.82) is 0 Å². The van der Waals surface area contributed by atoms with Gasteiger partial charge in [-0.1, -0.05) is 19.4 Å². The van der Waals surface area contributed by atoms with E-state index in [0.29, 0.717) is 18.9 Å². The maximum Gasteiger partial charge on any atom is 0.257 e. The highest BCUT2D eigenvalue weighted by Crippen LogP contribution is 2.14. The number of hydrogen-bond acceptors (Lipinski definition) is 4. The number of aryl methyl sites for hydroxylation is 1. The summed E-state index contributed by atoms with van der Waals surface area (Å²) in [5, 5.41) is 12.1. The third kappa shape index (κ3) is 3.90. The minimum absolute atomic E-state index is 0.0388. The van der Waals surface area contributed by atoms with Crippen LogP contribution in [0.4, 0.5) is 8.78 Å². The van der Waals surface area contributed by atoms with Gasteiger partial charge >= 0.3 is 0 Å². The number of pyridine rings is 1. The first-order valence-electron chi connectivity index (χ1n) is 7.54. The van der Waals surface area contributed by atoms with Gasteiger partial charge in [0.2, 0.25) is 5.43 Å². The van der Waals surface area contributed by atoms with Crippen LogP contribution in [0.3, 0.4) is 0 Å². The summed E-state index contributed by atoms with van der Waals surface area (Å²) in [5.41, 5.74) is -1.40. The number of nitrogens with one attached hydrogen (secondary N) is 2. The molecule has 1 heterocycles. The Morgan fingerprint density at radius 2 is 2.08 bits per heavy atom. The molecule has 1 aromatic heterocycles. The van der Waals surface area contributed by atoms with E-state index < -0.39 is 28.7 Å². The fourth-order valence-corrected chi connectivity index (χ4v) is 2.35. The molecule has 1 aromatic carbocycles. The van der Waals surface area contributed by atoms with E-state index in [2.05, 4.69) is 10.3 Å². The Bertz CT molecular complexity index is 878. The second-order valence-electron chi connectivity index (χ2n) is 5.36. The largest absolute Gasteiger partial charge is 0.503 e. The number of carbonyl (C=O) groups excluding carboxylic acids is 2. The lowest BCUT2D eigenvalue weighted by Gasteiger charge is -2.11. The number of H-pyrrole nitrogens is 1. The number of aromatic hydroxyl groups is 1. The number of hydrogen-bond donors (Lipinski definition) is 3. The van der Waals surface area contributed by atoms with Crippen LogP contribution < -0.4 is 10.7 Å². The highest BCUT2D eigenvalue weighted by molar-refractivity contribution is 5.96. The number of aldehydes is 1. The van der Waals surface area contributed by atoms with Crippen LogP contribution in [-0.2, 0) is 13.0 Å². The predicted molar refractivity (Wildman–Crippen MR) is 85.6 cm³/mol. The van der Waals surface area contributed by atoms with E-state index in [4.69, 9.17) is 0 Å². The average molecular weight is 350 g/mol. The summed E-state index contributed by atoms with van der Waals surface area (Å²) in [6.45, 7) is 1.54. The average Bonchev–Trinajstić information content (AvgIpc) is 2.57. The normalized spacial score (nSPS) is 10.5. The maximum atomic E-state index is 13.6. The first-order valence-corrected chi connectivity index (χ1v) is 7.54. The minimum Gasteiger partial charge on any atom is -0.503 e. The molecule has 0 aliphatic heterocycles. The van der Waals surface area contributed by atoms with Crippen molar-refractivity contribution in [2.45, 2.75) is 26.3 Å². The molecule has 8 heteroatoms. The molecule has 132 valence electrons. The summed E-state index contributed by atoms with van der Waals surface area (Å²) in [4.78, 5) is 38.0. The third-order valence-electron chi connectivity index (χ3n) is 3.58. The molecule has 1 amide bonds. The van der Waals surface area contributed by atoms with E-state index >= 15 is 0 Å². The van der Waals surface area contributed by atoms with E-state index in [1.165, 1.54) is 6.07 Å². The molecule has 2 rings (SSSR count). The van der Waals surface area contributed by atoms with Crippen LogP contribution in [0.5, 0.6) is 5.75 Å². The Morgan fingerprint density at radius 3 is 2.68 bits per heavy atom. The van der Waals surface area contributed by atoms with E-state index in [1.54, 1.807) is 6.92 Å². The Hall–Kier alpha value is -3.03. The van der Waals surface area contributed by atoms with Crippen molar-refractivity contribution >= 4 is 12.2 Å². The molecule has 0 saturated carbocycles. The van der Waals surface area contributed by atoms with Crippen LogP contribution in [-0.4, -0.2) is 22.3 Å². The van der Waals surface area contributed by atoms with Crippen LogP contribution in [0.2, 0.25) is 0 Å². The first kappa shape index (κ1) is 18.3. The van der Waals surface area contributed by atoms with Crippen LogP contribution in [0.25, 0.3) is 0 Å². The molecule has 0 aliphatic rings. The number of aromatic amines is 1. The van der Waals surface area contributed by atoms with E-state index in [1.807, 2.05) is 0 Å². The van der Waals surface area contributed by atoms with Crippen LogP contribution >= 0.6 is 0 Å². The monoisotopic (exact) mass is 350 g/mol. The lowest BCUT2D eigenvalue weighted by molar-refractivity contribution is 0.0946. The molecule has 0 spiro atoms. The van der Waals surface area contributed by atoms with Gasteiger partial charge in [-0.3, -0.25) is 14.4 Å². The van der Waals surface area contributed by atoms with Crippen molar-refractivity contribution in [3.63, 3.8) is 0 Å². The molecule has 0 saturated heterocycles. The third-order valence-corrected chi connectivity index (χ3v) is 3.58. The van der Waals surface area contributed by atoms with E-state index in [9.17, 15) is 28.3 Å². The second kappa shape index (κ2) is 7.69. The van der Waals surface area contributed by atoms with Gasteiger partial charge in [0.05, 0.1) is 0 Å². The molecule has 2 aromatic rings. The maximum absolute atomic E-state index is 13.6. The minimum atomic E-state index is -0.985. The number of amides is 1. The first-order chi connectivity index (χ1) is 11.9. The topological polar surface area (TPSA) is 99.3 Å². The lowest BCUT2D eigenvalue weighted by Crippen LogP contribution is -2.31. The molecule has 25 heavy (non-hydrogen) atoms. The Balaban J connectivity index is 2.33. The van der Waals surface area contributed by atoms with Gasteiger partial charge in [0.1, 0.15) is 22.9 Å². The van der Waals surface area contributed by atoms with Crippen molar-refractivity contribution in [2.24, 2.45) is 0 Å². The summed E-state index contributed by atoms with van der Waals surface area (Å²) in [6.07, 6.45) is 1.15. The number of benzene rings is 1. The molecule has 3 N–H and O–H groups in total. The molecule has 0 bridgehead atoms. The van der Waals surface area contributed by atoms with Crippen LogP contribution in [0.15, 0.2) is 23.0 Å². The van der Waals surface area contributed by atoms with Gasteiger partial charge in [0.15, 0.2) is 12.0 Å². The molecule has 0 aliphatic carbocycles. The molecule has 0 fully saturated rings. The number of halogens is 2. The van der Waals surface area contributed by atoms with Gasteiger partial charge in [-0.05, 0) is 12.5 Å². The van der Waals surface area contributed by atoms with Crippen LogP contribution in [0, 0.1) is 11.6 Å². The molecule has 0 radical (unpaired) electrons. The van der Waals surface area contributed by atoms with Gasteiger partial charge < -0.3 is 15.4 Å². The van der Waals surface area contributed by atoms with Gasteiger partial charge in [0, 0.05) is 23.9 Å². The summed E-state index contributed by atoms with van der Waals surface area (Å²) in [7, 11) is 0. The second-order valence-corrected chi connectivity index (χ2v) is 5.36. The molecular formula is C17H16F2N2O4. The zero-order chi connectivity index (χ0) is 18.6. The van der Waals surface area contributed by atoms with Crippen molar-refractivity contribution in [2.75, 3.05) is 0 Å². The molecule has 0 atom stereocenters. The summed E-state index contributed by atoms with van der Waals surface area (Å²) < 4.78 is 26.5. The fourth-order valence-electron chi connectivity index (χ4n) is 2.35. The Labute approximate surface area is 141 Å². The number of aromatic nitrogens is 1. The zero-order valence-corrected chi connectivity index (χ0v) is 13.4. The Morgan fingerprint density at radius 1 is 1.36 bits per heavy atom. The summed E-state index contributed by atoms with van der Waals surface area (Å²) in [5.74, 6) is -3.26. The number of carbonyl (C=O) groups is 2. The highest BCUT2D eigenvalue weighted by atomic mass is 19.1. The van der Waals surface area contributed by atoms with Crippen molar-refractivity contribution < 1.29 is 23.5 Å². The fraction of sp³-hybridized carbons (Fsp3) is 0.235. The SMILES string of the molecule is CCCc1[nH]c(C=O)c(O)c(=O)c1C(=O)NCc1ccc(F)cc1F. The Kier molecular flexibility index (Phi) is 5.63. The standard InChI is InChI=1S/C17H16F2N2O4/c1-2-3-12-14(16(24)15(23)13(8-22)21-12)17(25)20-7-9-4-5-10(18)6-11(9)19/h4-6,8,23H,2-3,7H2,1H3,(H,20,25)(H,21,24). The summed E-state index contributed by atoms with van der Waals surface area (Å²) in [6, 6.07) is 2.90. The molecule has 6 nitrogen and oxygen atoms in total. The summed E-state index contributed by atoms with van der Waals surface area (Å²) >= 11 is 0. The quantitative estimate of drug-likeness (QED) is 0.694. The van der Waals surface area contributed by atoms with Gasteiger partial charge in [-0.2, -0.15) is 0 Å². The predicted octanol–water partition coefficient (Wildman–Crippen LogP) is 2.05. The van der Waals surface area contributed by atoms with Crippen LogP contribution in [0.1, 0.15) is 45.4 Å². The van der Waals surface area contributed by atoms with Gasteiger partial charge in [-0.25, -0.2) is 8.78 Å².